The van der Waals surface area contributed by atoms with Crippen molar-refractivity contribution in [3.05, 3.63) is 41.0 Å². The highest BCUT2D eigenvalue weighted by atomic mass is 19.2. The van der Waals surface area contributed by atoms with Crippen LogP contribution in [0.5, 0.6) is 0 Å². The van der Waals surface area contributed by atoms with Gasteiger partial charge in [-0.3, -0.25) is 0 Å². The molecule has 0 fully saturated rings. The third-order valence-corrected chi connectivity index (χ3v) is 1.68. The molecule has 0 spiro atoms. The van der Waals surface area contributed by atoms with E-state index in [9.17, 15) is 8.78 Å². The Morgan fingerprint density at radius 3 is 2.50 bits per heavy atom. The van der Waals surface area contributed by atoms with Crippen LogP contribution >= 0.6 is 0 Å². The lowest BCUT2D eigenvalue weighted by atomic mass is 10.1. The van der Waals surface area contributed by atoms with E-state index in [1.54, 1.807) is 32.1 Å². The van der Waals surface area contributed by atoms with E-state index in [-0.39, 0.29) is 0 Å². The maximum Gasteiger partial charge on any atom is 0.166 e. The fourth-order valence-corrected chi connectivity index (χ4v) is 1.03. The number of rotatable bonds is 1. The molecule has 0 amide bonds. The van der Waals surface area contributed by atoms with E-state index in [1.165, 1.54) is 0 Å². The Bertz CT molecular complexity index is 314. The number of aryl methyl sites for hydroxylation is 1. The lowest BCUT2D eigenvalue weighted by Gasteiger charge is -2.01. The van der Waals surface area contributed by atoms with Gasteiger partial charge in [0.25, 0.3) is 0 Å². The molecule has 0 atom stereocenters. The van der Waals surface area contributed by atoms with Gasteiger partial charge in [0.05, 0.1) is 0 Å². The Morgan fingerprint density at radius 1 is 1.25 bits per heavy atom. The Balaban J connectivity index is 3.32. The summed E-state index contributed by atoms with van der Waals surface area (Å²) in [5.41, 5.74) is 1.07. The Morgan fingerprint density at radius 2 is 1.92 bits per heavy atom. The second-order valence-electron chi connectivity index (χ2n) is 2.59. The first-order valence-electron chi connectivity index (χ1n) is 3.74. The van der Waals surface area contributed by atoms with Crippen LogP contribution in [-0.4, -0.2) is 0 Å². The average Bonchev–Trinajstić information content (AvgIpc) is 2.06. The number of hydrogen-bond acceptors (Lipinski definition) is 0. The SMILES string of the molecule is C/C=C\c1c(C)ccc(F)c1F. The van der Waals surface area contributed by atoms with Gasteiger partial charge in [-0.15, -0.1) is 0 Å². The molecule has 0 aliphatic heterocycles. The van der Waals surface area contributed by atoms with E-state index in [2.05, 4.69) is 0 Å². The van der Waals surface area contributed by atoms with Crippen LogP contribution in [0.3, 0.4) is 0 Å². The molecule has 12 heavy (non-hydrogen) atoms. The highest BCUT2D eigenvalue weighted by molar-refractivity contribution is 5.54. The summed E-state index contributed by atoms with van der Waals surface area (Å²) in [6.45, 7) is 3.52. The molecule has 0 radical (unpaired) electrons. The molecule has 0 N–H and O–H groups in total. The molecule has 0 nitrogen and oxygen atoms in total. The molecule has 0 heterocycles. The van der Waals surface area contributed by atoms with E-state index >= 15 is 0 Å². The number of hydrogen-bond donors (Lipinski definition) is 0. The van der Waals surface area contributed by atoms with E-state index in [0.29, 0.717) is 5.56 Å². The van der Waals surface area contributed by atoms with Crippen LogP contribution in [-0.2, 0) is 0 Å². The zero-order chi connectivity index (χ0) is 9.14. The van der Waals surface area contributed by atoms with Crippen molar-refractivity contribution in [2.45, 2.75) is 13.8 Å². The predicted molar refractivity (Wildman–Crippen MR) is 45.8 cm³/mol. The summed E-state index contributed by atoms with van der Waals surface area (Å²) in [4.78, 5) is 0. The third-order valence-electron chi connectivity index (χ3n) is 1.68. The lowest BCUT2D eigenvalue weighted by molar-refractivity contribution is 0.506. The summed E-state index contributed by atoms with van der Waals surface area (Å²) in [6, 6.07) is 2.70. The summed E-state index contributed by atoms with van der Waals surface area (Å²) in [6.07, 6.45) is 3.25. The van der Waals surface area contributed by atoms with Crippen LogP contribution in [0.2, 0.25) is 0 Å². The minimum atomic E-state index is -0.797. The molecule has 0 aliphatic rings. The molecular weight excluding hydrogens is 158 g/mol. The van der Waals surface area contributed by atoms with Gasteiger partial charge in [0.15, 0.2) is 11.6 Å². The molecule has 0 bridgehead atoms. The number of benzene rings is 1. The van der Waals surface area contributed by atoms with Gasteiger partial charge in [0.2, 0.25) is 0 Å². The summed E-state index contributed by atoms with van der Waals surface area (Å²) in [5, 5.41) is 0. The quantitative estimate of drug-likeness (QED) is 0.603. The molecule has 0 aliphatic carbocycles. The summed E-state index contributed by atoms with van der Waals surface area (Å²) >= 11 is 0. The molecule has 1 rings (SSSR count). The minimum absolute atomic E-state index is 0.331. The molecule has 0 unspecified atom stereocenters. The fourth-order valence-electron chi connectivity index (χ4n) is 1.03. The molecule has 0 saturated carbocycles. The van der Waals surface area contributed by atoms with Crippen molar-refractivity contribution in [2.75, 3.05) is 0 Å². The summed E-state index contributed by atoms with van der Waals surface area (Å²) < 4.78 is 25.7. The zero-order valence-corrected chi connectivity index (χ0v) is 7.07. The molecule has 64 valence electrons. The molecule has 1 aromatic rings. The molecule has 1 aromatic carbocycles. The van der Waals surface area contributed by atoms with Crippen LogP contribution in [0.4, 0.5) is 8.78 Å². The van der Waals surface area contributed by atoms with Crippen molar-refractivity contribution < 1.29 is 8.78 Å². The first-order chi connectivity index (χ1) is 5.66. The Kier molecular flexibility index (Phi) is 2.58. The van der Waals surface area contributed by atoms with Crippen LogP contribution in [0.25, 0.3) is 6.08 Å². The minimum Gasteiger partial charge on any atom is -0.204 e. The van der Waals surface area contributed by atoms with Crippen molar-refractivity contribution in [2.24, 2.45) is 0 Å². The number of allylic oxidation sites excluding steroid dienone is 1. The van der Waals surface area contributed by atoms with Gasteiger partial charge < -0.3 is 0 Å². The summed E-state index contributed by atoms with van der Waals surface area (Å²) in [7, 11) is 0. The first kappa shape index (κ1) is 8.91. The predicted octanol–water partition coefficient (Wildman–Crippen LogP) is 3.31. The lowest BCUT2D eigenvalue weighted by Crippen LogP contribution is -1.91. The van der Waals surface area contributed by atoms with Crippen molar-refractivity contribution in [3.8, 4) is 0 Å². The highest BCUT2D eigenvalue weighted by Gasteiger charge is 2.07. The maximum atomic E-state index is 13.0. The maximum absolute atomic E-state index is 13.0. The van der Waals surface area contributed by atoms with Crippen LogP contribution < -0.4 is 0 Å². The van der Waals surface area contributed by atoms with Crippen LogP contribution in [0, 0.1) is 18.6 Å². The van der Waals surface area contributed by atoms with Gasteiger partial charge >= 0.3 is 0 Å². The van der Waals surface area contributed by atoms with Crippen molar-refractivity contribution in [1.29, 1.82) is 0 Å². The Hall–Kier alpha value is -1.18. The Labute approximate surface area is 70.5 Å². The van der Waals surface area contributed by atoms with Crippen LogP contribution in [0.15, 0.2) is 18.2 Å². The van der Waals surface area contributed by atoms with Gasteiger partial charge in [0.1, 0.15) is 0 Å². The zero-order valence-electron chi connectivity index (χ0n) is 7.07. The van der Waals surface area contributed by atoms with Crippen molar-refractivity contribution in [3.63, 3.8) is 0 Å². The third kappa shape index (κ3) is 1.52. The average molecular weight is 168 g/mol. The fraction of sp³-hybridized carbons (Fsp3) is 0.200. The van der Waals surface area contributed by atoms with Gasteiger partial charge in [0, 0.05) is 5.56 Å². The molecule has 0 aromatic heterocycles. The largest absolute Gasteiger partial charge is 0.204 e. The first-order valence-corrected chi connectivity index (χ1v) is 3.74. The topological polar surface area (TPSA) is 0 Å². The second-order valence-corrected chi connectivity index (χ2v) is 2.59. The van der Waals surface area contributed by atoms with Gasteiger partial charge in [-0.05, 0) is 25.5 Å². The number of halogens is 2. The second kappa shape index (κ2) is 3.48. The van der Waals surface area contributed by atoms with Crippen molar-refractivity contribution >= 4 is 6.08 Å². The van der Waals surface area contributed by atoms with Gasteiger partial charge in [-0.25, -0.2) is 8.78 Å². The van der Waals surface area contributed by atoms with Gasteiger partial charge in [-0.1, -0.05) is 18.2 Å². The molecule has 0 saturated heterocycles. The molecule has 2 heteroatoms. The van der Waals surface area contributed by atoms with E-state index < -0.39 is 11.6 Å². The molecular formula is C10H10F2. The van der Waals surface area contributed by atoms with Crippen molar-refractivity contribution in [1.82, 2.24) is 0 Å². The monoisotopic (exact) mass is 168 g/mol. The standard InChI is InChI=1S/C10H10F2/c1-3-4-8-7(2)5-6-9(11)10(8)12/h3-6H,1-2H3/b4-3-. The smallest absolute Gasteiger partial charge is 0.166 e. The van der Waals surface area contributed by atoms with E-state index in [1.807, 2.05) is 0 Å². The highest BCUT2D eigenvalue weighted by Crippen LogP contribution is 2.17. The van der Waals surface area contributed by atoms with E-state index in [0.717, 1.165) is 11.6 Å². The van der Waals surface area contributed by atoms with Gasteiger partial charge in [-0.2, -0.15) is 0 Å². The van der Waals surface area contributed by atoms with E-state index in [4.69, 9.17) is 0 Å². The van der Waals surface area contributed by atoms with Crippen LogP contribution in [0.1, 0.15) is 18.1 Å². The summed E-state index contributed by atoms with van der Waals surface area (Å²) in [5.74, 6) is -1.57. The normalized spacial score (nSPS) is 11.0.